The van der Waals surface area contributed by atoms with Crippen molar-refractivity contribution in [2.45, 2.75) is 110 Å². The number of hydrogen-bond acceptors (Lipinski definition) is 7. The third kappa shape index (κ3) is 7.02. The number of carbonyl (C=O) groups is 2. The highest BCUT2D eigenvalue weighted by molar-refractivity contribution is 5.81. The zero-order valence-electron chi connectivity index (χ0n) is 23.9. The zero-order valence-corrected chi connectivity index (χ0v) is 23.9. The molecule has 2 heterocycles. The summed E-state index contributed by atoms with van der Waals surface area (Å²) in [7, 11) is 1.41. The molecule has 1 aromatic heterocycles. The monoisotopic (exact) mass is 540 g/mol. The molecule has 1 aromatic rings. The number of hydrogen-bond donors (Lipinski definition) is 1. The van der Waals surface area contributed by atoms with Gasteiger partial charge in [0.15, 0.2) is 0 Å². The quantitative estimate of drug-likeness (QED) is 0.341. The van der Waals surface area contributed by atoms with Gasteiger partial charge in [-0.1, -0.05) is 38.7 Å². The molecule has 39 heavy (non-hydrogen) atoms. The Balaban J connectivity index is 1.56. The maximum atomic E-state index is 14.0. The van der Waals surface area contributed by atoms with E-state index in [0.717, 1.165) is 50.6 Å². The second-order valence-corrected chi connectivity index (χ2v) is 11.4. The summed E-state index contributed by atoms with van der Waals surface area (Å²) < 4.78 is 18.3. The van der Waals surface area contributed by atoms with Gasteiger partial charge in [-0.25, -0.2) is 4.79 Å². The van der Waals surface area contributed by atoms with Crippen LogP contribution in [-0.4, -0.2) is 35.9 Å². The number of esters is 2. The van der Waals surface area contributed by atoms with Crippen molar-refractivity contribution >= 4 is 17.6 Å². The lowest BCUT2D eigenvalue weighted by atomic mass is 9.88. The van der Waals surface area contributed by atoms with E-state index in [4.69, 9.17) is 14.2 Å². The van der Waals surface area contributed by atoms with Gasteiger partial charge in [0, 0.05) is 37.0 Å². The molecule has 8 heteroatoms. The molecule has 4 rings (SSSR count). The van der Waals surface area contributed by atoms with Crippen molar-refractivity contribution in [1.82, 2.24) is 9.88 Å². The normalized spacial score (nSPS) is 20.2. The molecule has 1 N–H and O–H groups in total. The molecule has 0 amide bonds. The number of pyridine rings is 1. The predicted octanol–water partition coefficient (Wildman–Crippen LogP) is 5.16. The van der Waals surface area contributed by atoms with Gasteiger partial charge in [-0.2, -0.15) is 0 Å². The summed E-state index contributed by atoms with van der Waals surface area (Å²) in [5.74, 6) is 0.0539. The molecule has 3 aliphatic rings. The second-order valence-electron chi connectivity index (χ2n) is 11.4. The number of aromatic nitrogens is 1. The van der Waals surface area contributed by atoms with E-state index in [1.54, 1.807) is 13.8 Å². The number of cyclic esters (lactones) is 1. The van der Waals surface area contributed by atoms with Crippen LogP contribution >= 0.6 is 0 Å². The fourth-order valence-electron chi connectivity index (χ4n) is 6.00. The smallest absolute Gasteiger partial charge is 0.359 e. The number of fused-ring (bicyclic) bond motifs is 1. The van der Waals surface area contributed by atoms with Gasteiger partial charge in [0.1, 0.15) is 12.4 Å². The van der Waals surface area contributed by atoms with Crippen LogP contribution in [0.15, 0.2) is 28.8 Å². The lowest BCUT2D eigenvalue weighted by Gasteiger charge is -2.30. The van der Waals surface area contributed by atoms with Crippen LogP contribution in [0.4, 0.5) is 0 Å². The van der Waals surface area contributed by atoms with Crippen molar-refractivity contribution in [2.75, 3.05) is 13.7 Å². The molecular formula is C31H44N2O6. The minimum atomic E-state index is -1.55. The van der Waals surface area contributed by atoms with E-state index in [2.05, 4.69) is 11.9 Å². The Bertz CT molecular complexity index is 1180. The number of methoxy groups -OCH3 is 1. The molecule has 0 spiro atoms. The van der Waals surface area contributed by atoms with Crippen LogP contribution in [0.2, 0.25) is 0 Å². The van der Waals surface area contributed by atoms with Crippen molar-refractivity contribution in [3.05, 3.63) is 51.2 Å². The topological polar surface area (TPSA) is 95.9 Å². The number of allylic oxidation sites excluding steroid dienone is 1. The fraction of sp³-hybridized carbons (Fsp3) is 0.645. The largest absolute Gasteiger partial charge is 0.457 e. The van der Waals surface area contributed by atoms with Gasteiger partial charge in [0.05, 0.1) is 5.56 Å². The third-order valence-corrected chi connectivity index (χ3v) is 8.55. The minimum Gasteiger partial charge on any atom is -0.457 e. The predicted molar refractivity (Wildman–Crippen MR) is 150 cm³/mol. The number of nitrogens with one attached hydrogen (secondary N) is 1. The van der Waals surface area contributed by atoms with Crippen LogP contribution in [-0.2, 0) is 43.2 Å². The summed E-state index contributed by atoms with van der Waals surface area (Å²) in [6.45, 7) is 8.17. The average molecular weight is 541 g/mol. The van der Waals surface area contributed by atoms with Gasteiger partial charge in [0.2, 0.25) is 5.72 Å². The Hall–Kier alpha value is -2.87. The van der Waals surface area contributed by atoms with E-state index in [-0.39, 0.29) is 24.6 Å². The Morgan fingerprint density at radius 1 is 1.08 bits per heavy atom. The molecule has 0 bridgehead atoms. The van der Waals surface area contributed by atoms with Gasteiger partial charge >= 0.3 is 11.9 Å². The van der Waals surface area contributed by atoms with Crippen LogP contribution in [0.1, 0.15) is 101 Å². The highest BCUT2D eigenvalue weighted by Gasteiger charge is 2.37. The standard InChI is InChI=1S/C31H44N2O6/c1-21(32-31(3,37-4)30(36)38-20-25-16-17-28(34)39-22(25)2)26-18-24-14-10-5-6-11-15-27(24)33(29(26)35)19-23-12-8-7-9-13-23/h18,23,32H,1,5-17,19-20H2,2-4H3. The van der Waals surface area contributed by atoms with E-state index in [1.165, 1.54) is 50.5 Å². The Morgan fingerprint density at radius 3 is 2.46 bits per heavy atom. The van der Waals surface area contributed by atoms with Gasteiger partial charge in [-0.15, -0.1) is 0 Å². The average Bonchev–Trinajstić information content (AvgIpc) is 2.90. The molecule has 214 valence electrons. The first-order valence-electron chi connectivity index (χ1n) is 14.6. The molecule has 1 aliphatic heterocycles. The SMILES string of the molecule is C=C(NC(C)(OC)C(=O)OCC1=C(C)OC(=O)CC1)c1cc2c(n(CC3CCCCC3)c1=O)CCCCCC2. The van der Waals surface area contributed by atoms with Crippen LogP contribution in [0.5, 0.6) is 0 Å². The Labute approximate surface area is 231 Å². The van der Waals surface area contributed by atoms with Gasteiger partial charge in [-0.05, 0) is 76.3 Å². The maximum absolute atomic E-state index is 14.0. The molecule has 1 saturated carbocycles. The second kappa shape index (κ2) is 13.0. The first kappa shape index (κ1) is 29.1. The maximum Gasteiger partial charge on any atom is 0.359 e. The van der Waals surface area contributed by atoms with Gasteiger partial charge < -0.3 is 24.1 Å². The van der Waals surface area contributed by atoms with E-state index >= 15 is 0 Å². The summed E-state index contributed by atoms with van der Waals surface area (Å²) in [4.78, 5) is 38.6. The van der Waals surface area contributed by atoms with Crippen LogP contribution in [0.3, 0.4) is 0 Å². The van der Waals surface area contributed by atoms with Crippen molar-refractivity contribution in [1.29, 1.82) is 0 Å². The molecule has 1 unspecified atom stereocenters. The van der Waals surface area contributed by atoms with Gasteiger partial charge in [-0.3, -0.25) is 9.59 Å². The number of rotatable bonds is 9. The molecule has 8 nitrogen and oxygen atoms in total. The van der Waals surface area contributed by atoms with Crippen molar-refractivity contribution in [2.24, 2.45) is 5.92 Å². The number of nitrogens with zero attached hydrogens (tertiary/aromatic N) is 1. The van der Waals surface area contributed by atoms with E-state index in [0.29, 0.717) is 29.4 Å². The van der Waals surface area contributed by atoms with E-state index in [9.17, 15) is 14.4 Å². The van der Waals surface area contributed by atoms with Crippen LogP contribution in [0.25, 0.3) is 5.70 Å². The summed E-state index contributed by atoms with van der Waals surface area (Å²) >= 11 is 0. The minimum absolute atomic E-state index is 0.00189. The Kier molecular flexibility index (Phi) is 9.70. The summed E-state index contributed by atoms with van der Waals surface area (Å²) in [6, 6.07) is 1.97. The van der Waals surface area contributed by atoms with Crippen LogP contribution in [0, 0.1) is 5.92 Å². The fourth-order valence-corrected chi connectivity index (χ4v) is 6.00. The van der Waals surface area contributed by atoms with E-state index in [1.807, 2.05) is 10.6 Å². The van der Waals surface area contributed by atoms with Crippen molar-refractivity contribution in [3.8, 4) is 0 Å². The Morgan fingerprint density at radius 2 is 1.77 bits per heavy atom. The number of ether oxygens (including phenoxy) is 3. The summed E-state index contributed by atoms with van der Waals surface area (Å²) in [6.07, 6.45) is 13.2. The molecular weight excluding hydrogens is 496 g/mol. The molecule has 0 radical (unpaired) electrons. The van der Waals surface area contributed by atoms with Crippen molar-refractivity contribution < 1.29 is 23.8 Å². The third-order valence-electron chi connectivity index (χ3n) is 8.55. The molecule has 1 atom stereocenters. The zero-order chi connectivity index (χ0) is 28.0. The molecule has 1 fully saturated rings. The van der Waals surface area contributed by atoms with Crippen LogP contribution < -0.4 is 10.9 Å². The summed E-state index contributed by atoms with van der Waals surface area (Å²) in [5, 5.41) is 3.07. The first-order chi connectivity index (χ1) is 18.7. The first-order valence-corrected chi connectivity index (χ1v) is 14.6. The molecule has 2 aliphatic carbocycles. The summed E-state index contributed by atoms with van der Waals surface area (Å²) in [5.41, 5.74) is 2.33. The molecule has 0 saturated heterocycles. The number of carbonyl (C=O) groups excluding carboxylic acids is 2. The number of aryl methyl sites for hydroxylation is 1. The van der Waals surface area contributed by atoms with E-state index < -0.39 is 11.7 Å². The van der Waals surface area contributed by atoms with Gasteiger partial charge in [0.25, 0.3) is 5.56 Å². The molecule has 0 aromatic carbocycles. The van der Waals surface area contributed by atoms with Crippen molar-refractivity contribution in [3.63, 3.8) is 0 Å². The lowest BCUT2D eigenvalue weighted by molar-refractivity contribution is -0.168. The highest BCUT2D eigenvalue weighted by atomic mass is 16.6. The lowest BCUT2D eigenvalue weighted by Crippen LogP contribution is -2.51. The highest BCUT2D eigenvalue weighted by Crippen LogP contribution is 2.28.